The van der Waals surface area contributed by atoms with Crippen LogP contribution >= 0.6 is 0 Å². The van der Waals surface area contributed by atoms with Crippen LogP contribution in [-0.2, 0) is 14.8 Å². The van der Waals surface area contributed by atoms with E-state index in [4.69, 9.17) is 4.74 Å². The molecule has 1 atom stereocenters. The fourth-order valence-electron chi connectivity index (χ4n) is 3.88. The van der Waals surface area contributed by atoms with Crippen molar-refractivity contribution in [3.63, 3.8) is 0 Å². The van der Waals surface area contributed by atoms with Gasteiger partial charge in [-0.15, -0.1) is 0 Å². The molecule has 1 N–H and O–H groups in total. The molecule has 0 unspecified atom stereocenters. The Kier molecular flexibility index (Phi) is 8.12. The first-order chi connectivity index (χ1) is 14.4. The van der Waals surface area contributed by atoms with Crippen molar-refractivity contribution in [3.8, 4) is 5.75 Å². The van der Waals surface area contributed by atoms with Crippen LogP contribution in [0.2, 0.25) is 0 Å². The maximum absolute atomic E-state index is 13.0. The fraction of sp³-hybridized carbons (Fsp3) is 0.458. The number of amides is 1. The van der Waals surface area contributed by atoms with Gasteiger partial charge in [-0.05, 0) is 61.9 Å². The predicted octanol–water partition coefficient (Wildman–Crippen LogP) is 4.29. The molecule has 0 aliphatic rings. The molecule has 2 aromatic rings. The molecule has 0 fully saturated rings. The van der Waals surface area contributed by atoms with E-state index in [0.717, 1.165) is 40.7 Å². The van der Waals surface area contributed by atoms with Crippen molar-refractivity contribution in [2.45, 2.75) is 47.1 Å². The topological polar surface area (TPSA) is 75.7 Å². The van der Waals surface area contributed by atoms with Gasteiger partial charge in [0.15, 0.2) is 0 Å². The normalized spacial score (nSPS) is 12.5. The standard InChI is InChI=1S/C24H34N2O4S/c1-16(2)12-22(20-8-10-21(30-6)11-9-20)25-23(27)15-26(31(7,28)29)24-18(4)13-17(3)14-19(24)5/h8-11,13-14,16,22H,12,15H2,1-7H3,(H,25,27)/t22-/m0/s1. The van der Waals surface area contributed by atoms with Crippen molar-refractivity contribution < 1.29 is 17.9 Å². The Morgan fingerprint density at radius 1 is 1.06 bits per heavy atom. The van der Waals surface area contributed by atoms with Gasteiger partial charge in [-0.2, -0.15) is 0 Å². The fourth-order valence-corrected chi connectivity index (χ4v) is 4.86. The summed E-state index contributed by atoms with van der Waals surface area (Å²) in [6.07, 6.45) is 1.87. The second-order valence-corrected chi connectivity index (χ2v) is 10.4. The van der Waals surface area contributed by atoms with Gasteiger partial charge in [0.05, 0.1) is 25.1 Å². The SMILES string of the molecule is COc1ccc([C@H](CC(C)C)NC(=O)CN(c2c(C)cc(C)cc2C)S(C)(=O)=O)cc1. The monoisotopic (exact) mass is 446 g/mol. The van der Waals surface area contributed by atoms with Crippen LogP contribution in [-0.4, -0.2) is 34.2 Å². The van der Waals surface area contributed by atoms with E-state index in [2.05, 4.69) is 19.2 Å². The third-order valence-electron chi connectivity index (χ3n) is 5.13. The van der Waals surface area contributed by atoms with Gasteiger partial charge in [-0.25, -0.2) is 8.42 Å². The molecule has 0 bridgehead atoms. The Hall–Kier alpha value is -2.54. The number of hydrogen-bond donors (Lipinski definition) is 1. The number of rotatable bonds is 9. The largest absolute Gasteiger partial charge is 0.497 e. The van der Waals surface area contributed by atoms with Gasteiger partial charge in [0.2, 0.25) is 15.9 Å². The summed E-state index contributed by atoms with van der Waals surface area (Å²) in [5.74, 6) is 0.748. The van der Waals surface area contributed by atoms with Crippen molar-refractivity contribution in [2.75, 3.05) is 24.2 Å². The van der Waals surface area contributed by atoms with E-state index in [1.165, 1.54) is 4.31 Å². The molecule has 31 heavy (non-hydrogen) atoms. The molecule has 6 nitrogen and oxygen atoms in total. The van der Waals surface area contributed by atoms with E-state index in [1.807, 2.05) is 57.2 Å². The molecule has 0 aliphatic heterocycles. The minimum atomic E-state index is -3.65. The summed E-state index contributed by atoms with van der Waals surface area (Å²) in [5.41, 5.74) is 4.21. The smallest absolute Gasteiger partial charge is 0.241 e. The molecule has 0 heterocycles. The van der Waals surface area contributed by atoms with Crippen LogP contribution in [0.3, 0.4) is 0 Å². The molecule has 0 aromatic heterocycles. The lowest BCUT2D eigenvalue weighted by Crippen LogP contribution is -2.42. The Bertz CT molecular complexity index is 991. The van der Waals surface area contributed by atoms with Crippen LogP contribution in [0, 0.1) is 26.7 Å². The van der Waals surface area contributed by atoms with Crippen molar-refractivity contribution >= 4 is 21.6 Å². The number of methoxy groups -OCH3 is 1. The first kappa shape index (κ1) is 24.7. The Morgan fingerprint density at radius 3 is 2.06 bits per heavy atom. The second kappa shape index (κ2) is 10.2. The Labute approximate surface area is 186 Å². The molecule has 0 spiro atoms. The average Bonchev–Trinajstić information content (AvgIpc) is 2.65. The summed E-state index contributed by atoms with van der Waals surface area (Å²) >= 11 is 0. The highest BCUT2D eigenvalue weighted by Crippen LogP contribution is 2.29. The van der Waals surface area contributed by atoms with Crippen molar-refractivity contribution in [1.29, 1.82) is 0 Å². The highest BCUT2D eigenvalue weighted by atomic mass is 32.2. The quantitative estimate of drug-likeness (QED) is 0.623. The lowest BCUT2D eigenvalue weighted by Gasteiger charge is -2.27. The number of carbonyl (C=O) groups is 1. The minimum absolute atomic E-state index is 0.222. The van der Waals surface area contributed by atoms with Crippen LogP contribution in [0.4, 0.5) is 5.69 Å². The lowest BCUT2D eigenvalue weighted by molar-refractivity contribution is -0.120. The molecule has 1 amide bonds. The highest BCUT2D eigenvalue weighted by molar-refractivity contribution is 7.92. The number of benzene rings is 2. The summed E-state index contributed by atoms with van der Waals surface area (Å²) < 4.78 is 31.6. The predicted molar refractivity (Wildman–Crippen MR) is 126 cm³/mol. The van der Waals surface area contributed by atoms with E-state index < -0.39 is 10.0 Å². The number of ether oxygens (including phenoxy) is 1. The van der Waals surface area contributed by atoms with Gasteiger partial charge in [0.1, 0.15) is 12.3 Å². The summed E-state index contributed by atoms with van der Waals surface area (Å²) in [6.45, 7) is 9.60. The van der Waals surface area contributed by atoms with Crippen LogP contribution < -0.4 is 14.4 Å². The Balaban J connectivity index is 2.31. The van der Waals surface area contributed by atoms with Crippen LogP contribution in [0.1, 0.15) is 48.6 Å². The number of anilines is 1. The number of aryl methyl sites for hydroxylation is 3. The zero-order valence-corrected chi connectivity index (χ0v) is 20.3. The number of hydrogen-bond acceptors (Lipinski definition) is 4. The molecule has 170 valence electrons. The minimum Gasteiger partial charge on any atom is -0.497 e. The van der Waals surface area contributed by atoms with E-state index in [-0.39, 0.29) is 18.5 Å². The van der Waals surface area contributed by atoms with Gasteiger partial charge < -0.3 is 10.1 Å². The molecule has 0 saturated carbocycles. The number of nitrogens with zero attached hydrogens (tertiary/aromatic N) is 1. The summed E-state index contributed by atoms with van der Waals surface area (Å²) in [6, 6.07) is 11.2. The van der Waals surface area contributed by atoms with Crippen LogP contribution in [0.5, 0.6) is 5.75 Å². The molecule has 2 aromatic carbocycles. The van der Waals surface area contributed by atoms with Crippen molar-refractivity contribution in [1.82, 2.24) is 5.32 Å². The summed E-state index contributed by atoms with van der Waals surface area (Å²) in [5, 5.41) is 3.04. The maximum atomic E-state index is 13.0. The second-order valence-electron chi connectivity index (χ2n) is 8.54. The van der Waals surface area contributed by atoms with Gasteiger partial charge in [-0.1, -0.05) is 43.7 Å². The maximum Gasteiger partial charge on any atom is 0.241 e. The van der Waals surface area contributed by atoms with Crippen molar-refractivity contribution in [3.05, 3.63) is 58.7 Å². The Morgan fingerprint density at radius 2 is 1.61 bits per heavy atom. The van der Waals surface area contributed by atoms with E-state index in [9.17, 15) is 13.2 Å². The molecule has 7 heteroatoms. The lowest BCUT2D eigenvalue weighted by atomic mass is 9.97. The van der Waals surface area contributed by atoms with E-state index in [0.29, 0.717) is 11.6 Å². The molecule has 0 aliphatic carbocycles. The number of carbonyl (C=O) groups excluding carboxylic acids is 1. The molecular weight excluding hydrogens is 412 g/mol. The first-order valence-electron chi connectivity index (χ1n) is 10.4. The van der Waals surface area contributed by atoms with Crippen molar-refractivity contribution in [2.24, 2.45) is 5.92 Å². The molecule has 2 rings (SSSR count). The molecule has 0 radical (unpaired) electrons. The van der Waals surface area contributed by atoms with Crippen LogP contribution in [0.25, 0.3) is 0 Å². The third kappa shape index (κ3) is 6.72. The number of sulfonamides is 1. The van der Waals surface area contributed by atoms with Gasteiger partial charge in [0.25, 0.3) is 0 Å². The van der Waals surface area contributed by atoms with E-state index in [1.54, 1.807) is 7.11 Å². The summed E-state index contributed by atoms with van der Waals surface area (Å²) in [4.78, 5) is 13.0. The first-order valence-corrected chi connectivity index (χ1v) is 12.3. The van der Waals surface area contributed by atoms with Gasteiger partial charge >= 0.3 is 0 Å². The van der Waals surface area contributed by atoms with E-state index >= 15 is 0 Å². The van der Waals surface area contributed by atoms with Gasteiger partial charge in [-0.3, -0.25) is 9.10 Å². The highest BCUT2D eigenvalue weighted by Gasteiger charge is 2.26. The summed E-state index contributed by atoms with van der Waals surface area (Å²) in [7, 11) is -2.04. The zero-order chi connectivity index (χ0) is 23.3. The molecule has 0 saturated heterocycles. The average molecular weight is 447 g/mol. The zero-order valence-electron chi connectivity index (χ0n) is 19.5. The number of nitrogens with one attached hydrogen (secondary N) is 1. The van der Waals surface area contributed by atoms with Gasteiger partial charge in [0, 0.05) is 0 Å². The third-order valence-corrected chi connectivity index (χ3v) is 6.25. The molecular formula is C24H34N2O4S. The van der Waals surface area contributed by atoms with Crippen LogP contribution in [0.15, 0.2) is 36.4 Å².